The van der Waals surface area contributed by atoms with Crippen molar-refractivity contribution in [2.45, 2.75) is 42.7 Å². The molecule has 5 heteroatoms. The number of fused-ring (bicyclic) bond motifs is 1. The van der Waals surface area contributed by atoms with Crippen LogP contribution in [0.15, 0.2) is 144 Å². The summed E-state index contributed by atoms with van der Waals surface area (Å²) in [6.07, 6.45) is 2.69. The van der Waals surface area contributed by atoms with Crippen LogP contribution in [0.2, 0.25) is 0 Å². The van der Waals surface area contributed by atoms with Gasteiger partial charge in [0.25, 0.3) is 0 Å². The summed E-state index contributed by atoms with van der Waals surface area (Å²) < 4.78 is 43.0. The predicted octanol–water partition coefficient (Wildman–Crippen LogP) is 7.98. The van der Waals surface area contributed by atoms with E-state index >= 15 is 4.57 Å². The Bertz CT molecular complexity index is 1900. The van der Waals surface area contributed by atoms with E-state index in [4.69, 9.17) is 0 Å². The molecule has 1 fully saturated rings. The minimum Gasteiger partial charge on any atom is -0.313 e. The molecule has 0 unspecified atom stereocenters. The highest BCUT2D eigenvalue weighted by atomic mass is 32.2. The van der Waals surface area contributed by atoms with E-state index in [1.807, 2.05) is 98.8 Å². The van der Waals surface area contributed by atoms with E-state index < -0.39 is 27.6 Å². The topological polar surface area (TPSA) is 51.2 Å². The maximum atomic E-state index is 16.0. The summed E-state index contributed by atoms with van der Waals surface area (Å²) in [4.78, 5) is 0.303. The number of sulfone groups is 1. The first kappa shape index (κ1) is 28.4. The van der Waals surface area contributed by atoms with Crippen LogP contribution in [0.1, 0.15) is 31.4 Å². The van der Waals surface area contributed by atoms with Gasteiger partial charge in [-0.25, -0.2) is 8.42 Å². The zero-order valence-corrected chi connectivity index (χ0v) is 25.9. The molecule has 212 valence electrons. The van der Waals surface area contributed by atoms with Gasteiger partial charge in [-0.3, -0.25) is 0 Å². The van der Waals surface area contributed by atoms with Gasteiger partial charge in [-0.1, -0.05) is 139 Å². The molecule has 0 spiro atoms. The third kappa shape index (κ3) is 4.68. The molecule has 6 rings (SSSR count). The van der Waals surface area contributed by atoms with Crippen LogP contribution in [-0.2, 0) is 19.8 Å². The van der Waals surface area contributed by atoms with Crippen LogP contribution < -0.4 is 10.6 Å². The Kier molecular flexibility index (Phi) is 7.12. The molecule has 2 atom stereocenters. The zero-order chi connectivity index (χ0) is 29.6. The van der Waals surface area contributed by atoms with Gasteiger partial charge in [0.05, 0.1) is 15.8 Å². The van der Waals surface area contributed by atoms with Crippen molar-refractivity contribution >= 4 is 38.4 Å². The highest BCUT2D eigenvalue weighted by molar-refractivity contribution is 7.91. The highest BCUT2D eigenvalue weighted by Crippen LogP contribution is 2.78. The number of allylic oxidation sites excluding steroid dienone is 1. The predicted molar refractivity (Wildman–Crippen MR) is 175 cm³/mol. The fourth-order valence-corrected chi connectivity index (χ4v) is 12.2. The molecule has 0 saturated heterocycles. The highest BCUT2D eigenvalue weighted by Gasteiger charge is 2.73. The second-order valence-electron chi connectivity index (χ2n) is 11.8. The molecule has 1 aliphatic rings. The van der Waals surface area contributed by atoms with E-state index in [-0.39, 0.29) is 5.75 Å². The minimum absolute atomic E-state index is 0.130. The van der Waals surface area contributed by atoms with Gasteiger partial charge in [0.2, 0.25) is 0 Å². The second kappa shape index (κ2) is 10.5. The van der Waals surface area contributed by atoms with E-state index in [0.717, 1.165) is 32.5 Å². The Morgan fingerprint density at radius 1 is 0.762 bits per heavy atom. The lowest BCUT2D eigenvalue weighted by molar-refractivity contribution is 0.575. The standard InChI is InChI=1S/C37H35O3PS/c1-28-18-22-35(23-19-28)42(39,40)26-29(2)25-37(27-36(37,3)32-21-20-30-12-10-11-13-31(30)24-32)41(38,33-14-6-4-7-15-33)34-16-8-5-9-17-34/h4-25H,26-27H2,1-3H3/b29-25+/t36-,37+/m0/s1. The molecule has 0 N–H and O–H groups in total. The van der Waals surface area contributed by atoms with Gasteiger partial charge in [-0.05, 0) is 48.7 Å². The number of hydrogen-bond donors (Lipinski definition) is 0. The lowest BCUT2D eigenvalue weighted by Crippen LogP contribution is -2.32. The molecule has 0 radical (unpaired) electrons. The quantitative estimate of drug-likeness (QED) is 0.136. The Morgan fingerprint density at radius 2 is 1.31 bits per heavy atom. The largest absolute Gasteiger partial charge is 0.313 e. The number of rotatable bonds is 8. The first-order chi connectivity index (χ1) is 20.1. The summed E-state index contributed by atoms with van der Waals surface area (Å²) in [5.74, 6) is -0.130. The molecule has 0 heterocycles. The van der Waals surface area contributed by atoms with Crippen molar-refractivity contribution in [2.75, 3.05) is 5.75 Å². The SMILES string of the molecule is C/C(=C\[C@@]1(P(=O)(c2ccccc2)c2ccccc2)C[C@@]1(C)c1ccc2ccccc2c1)CS(=O)(=O)c1ccc(C)cc1. The summed E-state index contributed by atoms with van der Waals surface area (Å²) in [5.41, 5.74) is 2.34. The normalized spacial score (nSPS) is 20.9. The molecule has 0 amide bonds. The van der Waals surface area contributed by atoms with Crippen molar-refractivity contribution in [3.05, 3.63) is 150 Å². The van der Waals surface area contributed by atoms with Crippen molar-refractivity contribution < 1.29 is 13.0 Å². The third-order valence-corrected chi connectivity index (χ3v) is 14.7. The molecule has 0 aliphatic heterocycles. The van der Waals surface area contributed by atoms with Crippen LogP contribution in [0.25, 0.3) is 10.8 Å². The van der Waals surface area contributed by atoms with Crippen LogP contribution >= 0.6 is 7.14 Å². The van der Waals surface area contributed by atoms with E-state index in [1.54, 1.807) is 12.1 Å². The van der Waals surface area contributed by atoms with Crippen molar-refractivity contribution in [1.29, 1.82) is 0 Å². The van der Waals surface area contributed by atoms with E-state index in [1.165, 1.54) is 0 Å². The van der Waals surface area contributed by atoms with Gasteiger partial charge in [-0.15, -0.1) is 0 Å². The molecule has 1 saturated carbocycles. The molecule has 0 aromatic heterocycles. The summed E-state index contributed by atoms with van der Waals surface area (Å²) >= 11 is 0. The number of aryl methyl sites for hydroxylation is 1. The first-order valence-electron chi connectivity index (χ1n) is 14.3. The van der Waals surface area contributed by atoms with Crippen molar-refractivity contribution in [3.63, 3.8) is 0 Å². The average molecular weight is 591 g/mol. The molecule has 5 aromatic carbocycles. The van der Waals surface area contributed by atoms with E-state index in [2.05, 4.69) is 43.3 Å². The van der Waals surface area contributed by atoms with E-state index in [0.29, 0.717) is 16.9 Å². The number of benzene rings is 5. The summed E-state index contributed by atoms with van der Waals surface area (Å²) in [5, 5.41) is 3.05. The second-order valence-corrected chi connectivity index (χ2v) is 16.9. The Balaban J connectivity index is 1.55. The Morgan fingerprint density at radius 3 is 1.90 bits per heavy atom. The fourth-order valence-electron chi connectivity index (χ4n) is 6.60. The lowest BCUT2D eigenvalue weighted by atomic mass is 9.92. The Hall–Kier alpha value is -3.72. The molecular formula is C37H35O3PS. The van der Waals surface area contributed by atoms with E-state index in [9.17, 15) is 8.42 Å². The van der Waals surface area contributed by atoms with Gasteiger partial charge in [0, 0.05) is 16.0 Å². The molecule has 5 aromatic rings. The summed E-state index contributed by atoms with van der Waals surface area (Å²) in [6.45, 7) is 6.00. The number of hydrogen-bond acceptors (Lipinski definition) is 3. The monoisotopic (exact) mass is 590 g/mol. The van der Waals surface area contributed by atoms with Crippen molar-refractivity contribution in [2.24, 2.45) is 0 Å². The van der Waals surface area contributed by atoms with Gasteiger partial charge < -0.3 is 4.57 Å². The van der Waals surface area contributed by atoms with Crippen LogP contribution in [0.5, 0.6) is 0 Å². The minimum atomic E-state index is -3.58. The van der Waals surface area contributed by atoms with Crippen LogP contribution in [0, 0.1) is 6.92 Å². The smallest absolute Gasteiger partial charge is 0.182 e. The van der Waals surface area contributed by atoms with Crippen molar-refractivity contribution in [3.8, 4) is 0 Å². The fraction of sp³-hybridized carbons (Fsp3) is 0.189. The maximum Gasteiger partial charge on any atom is 0.182 e. The summed E-state index contributed by atoms with van der Waals surface area (Å²) in [7, 11) is -6.92. The van der Waals surface area contributed by atoms with Gasteiger partial charge in [0.1, 0.15) is 0 Å². The van der Waals surface area contributed by atoms with Gasteiger partial charge in [0.15, 0.2) is 17.0 Å². The van der Waals surface area contributed by atoms with Crippen LogP contribution in [-0.4, -0.2) is 19.3 Å². The van der Waals surface area contributed by atoms with Crippen LogP contribution in [0.3, 0.4) is 0 Å². The average Bonchev–Trinajstić information content (AvgIpc) is 3.62. The molecule has 3 nitrogen and oxygen atoms in total. The molecule has 1 aliphatic carbocycles. The maximum absolute atomic E-state index is 16.0. The lowest BCUT2D eigenvalue weighted by Gasteiger charge is -2.32. The summed E-state index contributed by atoms with van der Waals surface area (Å²) in [6, 6.07) is 41.2. The molecule has 0 bridgehead atoms. The Labute approximate surface area is 249 Å². The molecular weight excluding hydrogens is 555 g/mol. The first-order valence-corrected chi connectivity index (χ1v) is 17.6. The molecule has 42 heavy (non-hydrogen) atoms. The van der Waals surface area contributed by atoms with Crippen molar-refractivity contribution in [1.82, 2.24) is 0 Å². The zero-order valence-electron chi connectivity index (χ0n) is 24.2. The van der Waals surface area contributed by atoms with Gasteiger partial charge >= 0.3 is 0 Å². The van der Waals surface area contributed by atoms with Crippen LogP contribution in [0.4, 0.5) is 0 Å². The third-order valence-electron chi connectivity index (χ3n) is 8.92. The van der Waals surface area contributed by atoms with Gasteiger partial charge in [-0.2, -0.15) is 0 Å².